The Bertz CT molecular complexity index is 110. The lowest BCUT2D eigenvalue weighted by molar-refractivity contribution is 0.0109. The first-order chi connectivity index (χ1) is 5.24. The van der Waals surface area contributed by atoms with Gasteiger partial charge >= 0.3 is 0 Å². The average molecular weight is 158 g/mol. The van der Waals surface area contributed by atoms with Crippen LogP contribution in [0.5, 0.6) is 0 Å². The second-order valence-corrected chi connectivity index (χ2v) is 3.56. The van der Waals surface area contributed by atoms with Gasteiger partial charge in [0.15, 0.2) is 0 Å². The van der Waals surface area contributed by atoms with Gasteiger partial charge in [0.2, 0.25) is 0 Å². The first-order valence-electron chi connectivity index (χ1n) is 4.60. The van der Waals surface area contributed by atoms with Gasteiger partial charge in [-0.3, -0.25) is 0 Å². The maximum Gasteiger partial charge on any atom is 0.0799 e. The molecular weight excluding hydrogens is 140 g/mol. The molecule has 1 aliphatic carbocycles. The van der Waals surface area contributed by atoms with Crippen LogP contribution in [-0.4, -0.2) is 22.4 Å². The molecule has 1 saturated carbocycles. The maximum absolute atomic E-state index is 9.34. The third-order valence-corrected chi connectivity index (χ3v) is 2.43. The van der Waals surface area contributed by atoms with Crippen molar-refractivity contribution in [3.05, 3.63) is 0 Å². The van der Waals surface area contributed by atoms with Crippen LogP contribution in [0.15, 0.2) is 0 Å². The molecule has 0 aromatic heterocycles. The van der Waals surface area contributed by atoms with E-state index in [1.54, 1.807) is 0 Å². The van der Waals surface area contributed by atoms with Gasteiger partial charge in [-0.2, -0.15) is 0 Å². The van der Waals surface area contributed by atoms with E-state index in [9.17, 15) is 10.2 Å². The van der Waals surface area contributed by atoms with E-state index in [0.717, 1.165) is 18.8 Å². The minimum atomic E-state index is -0.506. The molecule has 0 saturated heterocycles. The second kappa shape index (κ2) is 4.07. The first kappa shape index (κ1) is 9.01. The number of rotatable bonds is 5. The van der Waals surface area contributed by atoms with Crippen molar-refractivity contribution in [2.45, 2.75) is 51.2 Å². The van der Waals surface area contributed by atoms with Crippen LogP contribution in [0.2, 0.25) is 0 Å². The largest absolute Gasteiger partial charge is 0.390 e. The highest BCUT2D eigenvalue weighted by Crippen LogP contribution is 2.34. The van der Waals surface area contributed by atoms with Crippen molar-refractivity contribution in [2.75, 3.05) is 0 Å². The summed E-state index contributed by atoms with van der Waals surface area (Å²) in [4.78, 5) is 0. The highest BCUT2D eigenvalue weighted by atomic mass is 16.3. The predicted octanol–water partition coefficient (Wildman–Crippen LogP) is 1.31. The molecule has 0 aromatic rings. The summed E-state index contributed by atoms with van der Waals surface area (Å²) in [6.07, 6.45) is 4.20. The van der Waals surface area contributed by atoms with Crippen LogP contribution in [0.1, 0.15) is 39.0 Å². The zero-order valence-corrected chi connectivity index (χ0v) is 7.16. The van der Waals surface area contributed by atoms with Crippen LogP contribution >= 0.6 is 0 Å². The van der Waals surface area contributed by atoms with Crippen molar-refractivity contribution < 1.29 is 10.2 Å². The fraction of sp³-hybridized carbons (Fsp3) is 1.00. The van der Waals surface area contributed by atoms with E-state index in [2.05, 4.69) is 0 Å². The summed E-state index contributed by atoms with van der Waals surface area (Å²) in [6.45, 7) is 1.89. The van der Waals surface area contributed by atoms with Crippen LogP contribution < -0.4 is 0 Å². The topological polar surface area (TPSA) is 40.5 Å². The first-order valence-corrected chi connectivity index (χ1v) is 4.60. The van der Waals surface area contributed by atoms with Gasteiger partial charge in [0.25, 0.3) is 0 Å². The van der Waals surface area contributed by atoms with Crippen molar-refractivity contribution in [1.29, 1.82) is 0 Å². The van der Waals surface area contributed by atoms with Gasteiger partial charge in [-0.15, -0.1) is 0 Å². The molecule has 1 fully saturated rings. The molecule has 2 atom stereocenters. The molecule has 0 radical (unpaired) electrons. The zero-order valence-electron chi connectivity index (χ0n) is 7.16. The summed E-state index contributed by atoms with van der Waals surface area (Å²) < 4.78 is 0. The summed E-state index contributed by atoms with van der Waals surface area (Å²) in [7, 11) is 0. The lowest BCUT2D eigenvalue weighted by Crippen LogP contribution is -2.24. The Morgan fingerprint density at radius 1 is 1.27 bits per heavy atom. The molecule has 2 unspecified atom stereocenters. The standard InChI is InChI=1S/C9H18O2/c1-2-8(10)9(11)6-5-7-3-4-7/h7-11H,2-6H2,1H3. The molecule has 0 bridgehead atoms. The summed E-state index contributed by atoms with van der Waals surface area (Å²) in [5.41, 5.74) is 0. The minimum Gasteiger partial charge on any atom is -0.390 e. The smallest absolute Gasteiger partial charge is 0.0799 e. The summed E-state index contributed by atoms with van der Waals surface area (Å²) in [6, 6.07) is 0. The van der Waals surface area contributed by atoms with E-state index in [1.165, 1.54) is 12.8 Å². The fourth-order valence-electron chi connectivity index (χ4n) is 1.28. The zero-order chi connectivity index (χ0) is 8.27. The third kappa shape index (κ3) is 3.21. The van der Waals surface area contributed by atoms with Crippen LogP contribution in [0, 0.1) is 5.92 Å². The highest BCUT2D eigenvalue weighted by Gasteiger charge is 2.23. The fourth-order valence-corrected chi connectivity index (χ4v) is 1.28. The van der Waals surface area contributed by atoms with E-state index >= 15 is 0 Å². The van der Waals surface area contributed by atoms with E-state index in [4.69, 9.17) is 0 Å². The van der Waals surface area contributed by atoms with Gasteiger partial charge in [0, 0.05) is 0 Å². The molecule has 1 rings (SSSR count). The van der Waals surface area contributed by atoms with Crippen LogP contribution in [-0.2, 0) is 0 Å². The number of hydrogen-bond donors (Lipinski definition) is 2. The number of aliphatic hydroxyl groups is 2. The molecule has 2 nitrogen and oxygen atoms in total. The summed E-state index contributed by atoms with van der Waals surface area (Å²) >= 11 is 0. The molecule has 0 aromatic carbocycles. The van der Waals surface area contributed by atoms with E-state index in [1.807, 2.05) is 6.92 Å². The van der Waals surface area contributed by atoms with Gasteiger partial charge in [0.05, 0.1) is 12.2 Å². The lowest BCUT2D eigenvalue weighted by atomic mass is 10.0. The van der Waals surface area contributed by atoms with E-state index in [0.29, 0.717) is 6.42 Å². The third-order valence-electron chi connectivity index (χ3n) is 2.43. The summed E-state index contributed by atoms with van der Waals surface area (Å²) in [5.74, 6) is 0.855. The van der Waals surface area contributed by atoms with E-state index in [-0.39, 0.29) is 0 Å². The van der Waals surface area contributed by atoms with Gasteiger partial charge in [0.1, 0.15) is 0 Å². The average Bonchev–Trinajstić information content (AvgIpc) is 2.81. The van der Waals surface area contributed by atoms with Gasteiger partial charge in [-0.05, 0) is 25.2 Å². The van der Waals surface area contributed by atoms with Crippen LogP contribution in [0.4, 0.5) is 0 Å². The van der Waals surface area contributed by atoms with Crippen molar-refractivity contribution in [1.82, 2.24) is 0 Å². The van der Waals surface area contributed by atoms with Crippen molar-refractivity contribution in [2.24, 2.45) is 5.92 Å². The lowest BCUT2D eigenvalue weighted by Gasteiger charge is -2.15. The van der Waals surface area contributed by atoms with Gasteiger partial charge in [-0.25, -0.2) is 0 Å². The molecule has 0 spiro atoms. The van der Waals surface area contributed by atoms with E-state index < -0.39 is 12.2 Å². The minimum absolute atomic E-state index is 0.486. The molecule has 0 heterocycles. The molecule has 66 valence electrons. The van der Waals surface area contributed by atoms with Gasteiger partial charge in [-0.1, -0.05) is 19.8 Å². The Kier molecular flexibility index (Phi) is 3.34. The number of hydrogen-bond acceptors (Lipinski definition) is 2. The Morgan fingerprint density at radius 3 is 2.36 bits per heavy atom. The molecule has 2 heteroatoms. The highest BCUT2D eigenvalue weighted by molar-refractivity contribution is 4.76. The molecule has 1 aliphatic rings. The maximum atomic E-state index is 9.34. The van der Waals surface area contributed by atoms with Crippen molar-refractivity contribution in [3.8, 4) is 0 Å². The van der Waals surface area contributed by atoms with Crippen molar-refractivity contribution in [3.63, 3.8) is 0 Å². The molecule has 11 heavy (non-hydrogen) atoms. The Hall–Kier alpha value is -0.0800. The van der Waals surface area contributed by atoms with Crippen molar-refractivity contribution >= 4 is 0 Å². The Balaban J connectivity index is 2.03. The molecule has 0 aliphatic heterocycles. The normalized spacial score (nSPS) is 23.2. The molecule has 2 N–H and O–H groups in total. The Labute approximate surface area is 68.2 Å². The monoisotopic (exact) mass is 158 g/mol. The summed E-state index contributed by atoms with van der Waals surface area (Å²) in [5, 5.41) is 18.6. The quantitative estimate of drug-likeness (QED) is 0.633. The van der Waals surface area contributed by atoms with Crippen LogP contribution in [0.3, 0.4) is 0 Å². The number of aliphatic hydroxyl groups excluding tert-OH is 2. The Morgan fingerprint density at radius 2 is 1.91 bits per heavy atom. The predicted molar refractivity (Wildman–Crippen MR) is 44.3 cm³/mol. The van der Waals surface area contributed by atoms with Gasteiger partial charge < -0.3 is 10.2 Å². The molecule has 0 amide bonds. The second-order valence-electron chi connectivity index (χ2n) is 3.56. The SMILES string of the molecule is CCC(O)C(O)CCC1CC1. The van der Waals surface area contributed by atoms with Crippen LogP contribution in [0.25, 0.3) is 0 Å². The molecular formula is C9H18O2.